The van der Waals surface area contributed by atoms with E-state index in [0.29, 0.717) is 16.6 Å². The lowest BCUT2D eigenvalue weighted by Gasteiger charge is -2.14. The second kappa shape index (κ2) is 7.06. The molecule has 0 aliphatic heterocycles. The van der Waals surface area contributed by atoms with Gasteiger partial charge in [-0.1, -0.05) is 16.8 Å². The number of carbonyl (C=O) groups excluding carboxylic acids is 1. The minimum Gasteiger partial charge on any atom is -0.374 e. The zero-order valence-corrected chi connectivity index (χ0v) is 13.7. The number of thiophene rings is 1. The van der Waals surface area contributed by atoms with Crippen molar-refractivity contribution in [2.45, 2.75) is 26.4 Å². The van der Waals surface area contributed by atoms with Crippen LogP contribution in [0.3, 0.4) is 0 Å². The standard InChI is InChI=1S/C14H17ClN2O3S/c1-8-10(9(2)20-17-8)6-14(18)16-7-11(19-3)12-4-5-13(15)21-12/h4-5,11H,6-7H2,1-3H3,(H,16,18)/t11-/m1/s1. The summed E-state index contributed by atoms with van der Waals surface area (Å²) in [6, 6.07) is 3.72. The smallest absolute Gasteiger partial charge is 0.224 e. The Labute approximate surface area is 132 Å². The van der Waals surface area contributed by atoms with Crippen molar-refractivity contribution in [3.63, 3.8) is 0 Å². The SMILES string of the molecule is CO[C@H](CNC(=O)Cc1c(C)noc1C)c1ccc(Cl)s1. The molecular weight excluding hydrogens is 312 g/mol. The van der Waals surface area contributed by atoms with Gasteiger partial charge in [0.1, 0.15) is 11.9 Å². The maximum atomic E-state index is 12.0. The molecule has 0 unspecified atom stereocenters. The number of rotatable bonds is 6. The summed E-state index contributed by atoms with van der Waals surface area (Å²) >= 11 is 7.36. The Morgan fingerprint density at radius 2 is 2.29 bits per heavy atom. The third-order valence-corrected chi connectivity index (χ3v) is 4.52. The molecule has 1 N–H and O–H groups in total. The summed E-state index contributed by atoms with van der Waals surface area (Å²) in [7, 11) is 1.61. The number of nitrogens with one attached hydrogen (secondary N) is 1. The highest BCUT2D eigenvalue weighted by molar-refractivity contribution is 7.16. The lowest BCUT2D eigenvalue weighted by atomic mass is 10.1. The molecule has 0 spiro atoms. The number of aryl methyl sites for hydroxylation is 2. The van der Waals surface area contributed by atoms with Crippen LogP contribution in [0.1, 0.15) is 28.0 Å². The highest BCUT2D eigenvalue weighted by atomic mass is 35.5. The molecule has 114 valence electrons. The molecule has 0 fully saturated rings. The van der Waals surface area contributed by atoms with Crippen molar-refractivity contribution in [1.82, 2.24) is 10.5 Å². The Morgan fingerprint density at radius 3 is 2.81 bits per heavy atom. The van der Waals surface area contributed by atoms with Gasteiger partial charge < -0.3 is 14.6 Å². The van der Waals surface area contributed by atoms with Crippen LogP contribution in [0.25, 0.3) is 0 Å². The molecular formula is C14H17ClN2O3S. The van der Waals surface area contributed by atoms with Gasteiger partial charge in [0.2, 0.25) is 5.91 Å². The van der Waals surface area contributed by atoms with Gasteiger partial charge in [-0.15, -0.1) is 11.3 Å². The van der Waals surface area contributed by atoms with Crippen LogP contribution in [0.5, 0.6) is 0 Å². The summed E-state index contributed by atoms with van der Waals surface area (Å²) < 4.78 is 11.1. The number of methoxy groups -OCH3 is 1. The number of nitrogens with zero attached hydrogens (tertiary/aromatic N) is 1. The van der Waals surface area contributed by atoms with Gasteiger partial charge in [-0.3, -0.25) is 4.79 Å². The van der Waals surface area contributed by atoms with Gasteiger partial charge >= 0.3 is 0 Å². The maximum Gasteiger partial charge on any atom is 0.224 e. The van der Waals surface area contributed by atoms with Crippen LogP contribution in [0.4, 0.5) is 0 Å². The Morgan fingerprint density at radius 1 is 1.52 bits per heavy atom. The first kappa shape index (κ1) is 16.0. The normalized spacial score (nSPS) is 12.4. The fourth-order valence-corrected chi connectivity index (χ4v) is 3.12. The highest BCUT2D eigenvalue weighted by Crippen LogP contribution is 2.28. The molecule has 0 bridgehead atoms. The van der Waals surface area contributed by atoms with Crippen LogP contribution in [0.15, 0.2) is 16.7 Å². The number of hydrogen-bond acceptors (Lipinski definition) is 5. The summed E-state index contributed by atoms with van der Waals surface area (Å²) in [6.45, 7) is 4.02. The molecule has 2 rings (SSSR count). The number of hydrogen-bond donors (Lipinski definition) is 1. The zero-order valence-electron chi connectivity index (χ0n) is 12.1. The van der Waals surface area contributed by atoms with E-state index < -0.39 is 0 Å². The molecule has 2 aromatic heterocycles. The van der Waals surface area contributed by atoms with Gasteiger partial charge in [-0.25, -0.2) is 0 Å². The first-order chi connectivity index (χ1) is 10.0. The number of amides is 1. The molecule has 0 saturated carbocycles. The first-order valence-electron chi connectivity index (χ1n) is 6.47. The lowest BCUT2D eigenvalue weighted by Crippen LogP contribution is -2.30. The Hall–Kier alpha value is -1.37. The molecule has 5 nitrogen and oxygen atoms in total. The average Bonchev–Trinajstić information content (AvgIpc) is 3.00. The van der Waals surface area contributed by atoms with Crippen LogP contribution in [-0.2, 0) is 16.0 Å². The van der Waals surface area contributed by atoms with E-state index in [4.69, 9.17) is 20.9 Å². The molecule has 0 aliphatic rings. The van der Waals surface area contributed by atoms with Crippen LogP contribution >= 0.6 is 22.9 Å². The van der Waals surface area contributed by atoms with Crippen molar-refractivity contribution >= 4 is 28.8 Å². The van der Waals surface area contributed by atoms with E-state index in [-0.39, 0.29) is 18.4 Å². The quantitative estimate of drug-likeness (QED) is 0.885. The minimum atomic E-state index is -0.198. The van der Waals surface area contributed by atoms with Crippen LogP contribution < -0.4 is 5.32 Å². The van der Waals surface area contributed by atoms with Crippen molar-refractivity contribution in [3.05, 3.63) is 38.4 Å². The Kier molecular flexibility index (Phi) is 5.39. The number of aromatic nitrogens is 1. The first-order valence-corrected chi connectivity index (χ1v) is 7.67. The third kappa shape index (κ3) is 4.06. The fraction of sp³-hybridized carbons (Fsp3) is 0.429. The molecule has 1 amide bonds. The van der Waals surface area contributed by atoms with Gasteiger partial charge in [0.05, 0.1) is 16.5 Å². The zero-order chi connectivity index (χ0) is 15.4. The number of carbonyl (C=O) groups is 1. The van der Waals surface area contributed by atoms with Crippen molar-refractivity contribution in [2.75, 3.05) is 13.7 Å². The summed E-state index contributed by atoms with van der Waals surface area (Å²) in [4.78, 5) is 13.0. The molecule has 0 aromatic carbocycles. The Bertz CT molecular complexity index is 604. The fourth-order valence-electron chi connectivity index (χ4n) is 1.99. The molecule has 2 heterocycles. The third-order valence-electron chi connectivity index (χ3n) is 3.20. The molecule has 21 heavy (non-hydrogen) atoms. The molecule has 0 saturated heterocycles. The minimum absolute atomic E-state index is 0.0888. The molecule has 2 aromatic rings. The molecule has 0 aliphatic carbocycles. The van der Waals surface area contributed by atoms with Crippen LogP contribution in [0.2, 0.25) is 4.34 Å². The van der Waals surface area contributed by atoms with E-state index in [0.717, 1.165) is 16.1 Å². The highest BCUT2D eigenvalue weighted by Gasteiger charge is 2.17. The lowest BCUT2D eigenvalue weighted by molar-refractivity contribution is -0.121. The number of halogens is 1. The second-order valence-corrected chi connectivity index (χ2v) is 6.40. The van der Waals surface area contributed by atoms with Crippen molar-refractivity contribution in [3.8, 4) is 0 Å². The summed E-state index contributed by atoms with van der Waals surface area (Å²) in [6.07, 6.45) is 0.0547. The van der Waals surface area contributed by atoms with Crippen LogP contribution in [-0.4, -0.2) is 24.7 Å². The van der Waals surface area contributed by atoms with E-state index in [1.807, 2.05) is 19.1 Å². The van der Waals surface area contributed by atoms with E-state index in [9.17, 15) is 4.79 Å². The predicted molar refractivity (Wildman–Crippen MR) is 81.8 cm³/mol. The topological polar surface area (TPSA) is 64.4 Å². The van der Waals surface area contributed by atoms with Gasteiger partial charge in [-0.05, 0) is 26.0 Å². The van der Waals surface area contributed by atoms with Crippen molar-refractivity contribution in [2.24, 2.45) is 0 Å². The van der Waals surface area contributed by atoms with Crippen molar-refractivity contribution < 1.29 is 14.1 Å². The largest absolute Gasteiger partial charge is 0.374 e. The average molecular weight is 329 g/mol. The molecule has 0 radical (unpaired) electrons. The van der Waals surface area contributed by atoms with Crippen molar-refractivity contribution in [1.29, 1.82) is 0 Å². The summed E-state index contributed by atoms with van der Waals surface area (Å²) in [5, 5.41) is 6.70. The van der Waals surface area contributed by atoms with E-state index in [2.05, 4.69) is 10.5 Å². The van der Waals surface area contributed by atoms with Crippen LogP contribution in [0, 0.1) is 13.8 Å². The monoisotopic (exact) mass is 328 g/mol. The van der Waals surface area contributed by atoms with Gasteiger partial charge in [0.15, 0.2) is 0 Å². The van der Waals surface area contributed by atoms with Gasteiger partial charge in [0, 0.05) is 24.1 Å². The van der Waals surface area contributed by atoms with Gasteiger partial charge in [0.25, 0.3) is 0 Å². The van der Waals surface area contributed by atoms with E-state index in [1.54, 1.807) is 14.0 Å². The summed E-state index contributed by atoms with van der Waals surface area (Å²) in [5.41, 5.74) is 1.58. The molecule has 7 heteroatoms. The number of ether oxygens (including phenoxy) is 1. The Balaban J connectivity index is 1.91. The van der Waals surface area contributed by atoms with Gasteiger partial charge in [-0.2, -0.15) is 0 Å². The predicted octanol–water partition coefficient (Wildman–Crippen LogP) is 3.05. The van der Waals surface area contributed by atoms with E-state index >= 15 is 0 Å². The van der Waals surface area contributed by atoms with E-state index in [1.165, 1.54) is 11.3 Å². The maximum absolute atomic E-state index is 12.0. The molecule has 1 atom stereocenters. The summed E-state index contributed by atoms with van der Waals surface area (Å²) in [5.74, 6) is 0.588. The second-order valence-electron chi connectivity index (χ2n) is 4.65.